The van der Waals surface area contributed by atoms with Gasteiger partial charge in [0.2, 0.25) is 0 Å². The molecule has 0 saturated heterocycles. The maximum atomic E-state index is 12.0. The Balaban J connectivity index is 3.41. The SMILES string of the molecule is CC(=O)OC[C@@H](OC(C)=O)[C@@H](OC(C)=O)[C@H](OC(C)=O)[C@@H](OC(C)=O)C(=S)NC1CCCCC1. The Morgan fingerprint density at radius 2 is 1.24 bits per heavy atom. The summed E-state index contributed by atoms with van der Waals surface area (Å²) in [6, 6.07) is 0.0229. The topological polar surface area (TPSA) is 144 Å². The standard InChI is InChI=1S/C22H33NO10S/c1-12(24)29-11-18(30-13(2)25)19(31-14(3)26)20(32-15(4)27)21(33-16(5)28)22(34)23-17-9-7-6-8-10-17/h17-21H,6-11H2,1-5H3,(H,23,34)/t18-,19-,20+,21-/m1/s1. The van der Waals surface area contributed by atoms with E-state index in [-0.39, 0.29) is 11.0 Å². The van der Waals surface area contributed by atoms with Crippen molar-refractivity contribution in [1.82, 2.24) is 5.32 Å². The Bertz CT molecular complexity index is 765. The summed E-state index contributed by atoms with van der Waals surface area (Å²) in [5.74, 6) is -3.80. The normalized spacial score (nSPS) is 17.2. The van der Waals surface area contributed by atoms with Crippen LogP contribution in [0.1, 0.15) is 66.7 Å². The largest absolute Gasteiger partial charge is 0.462 e. The average molecular weight is 504 g/mol. The lowest BCUT2D eigenvalue weighted by molar-refractivity contribution is -0.198. The molecule has 192 valence electrons. The van der Waals surface area contributed by atoms with E-state index in [4.69, 9.17) is 35.9 Å². The Hall–Kier alpha value is -2.76. The Morgan fingerprint density at radius 1 is 0.735 bits per heavy atom. The van der Waals surface area contributed by atoms with E-state index in [2.05, 4.69) is 5.32 Å². The highest BCUT2D eigenvalue weighted by Crippen LogP contribution is 2.23. The predicted molar refractivity (Wildman–Crippen MR) is 121 cm³/mol. The van der Waals surface area contributed by atoms with Crippen molar-refractivity contribution in [3.05, 3.63) is 0 Å². The Morgan fingerprint density at radius 3 is 1.71 bits per heavy atom. The molecular weight excluding hydrogens is 470 g/mol. The lowest BCUT2D eigenvalue weighted by atomic mass is 9.95. The number of ether oxygens (including phenoxy) is 5. The number of nitrogens with one attached hydrogen (secondary N) is 1. The molecule has 0 unspecified atom stereocenters. The third-order valence-corrected chi connectivity index (χ3v) is 5.21. The minimum absolute atomic E-state index is 0.0229. The van der Waals surface area contributed by atoms with Crippen LogP contribution in [0.15, 0.2) is 0 Å². The summed E-state index contributed by atoms with van der Waals surface area (Å²) >= 11 is 5.50. The summed E-state index contributed by atoms with van der Waals surface area (Å²) in [6.07, 6.45) is -0.986. The third kappa shape index (κ3) is 10.9. The van der Waals surface area contributed by atoms with Crippen LogP contribution >= 0.6 is 12.2 Å². The molecule has 34 heavy (non-hydrogen) atoms. The monoisotopic (exact) mass is 503 g/mol. The second kappa shape index (κ2) is 14.5. The van der Waals surface area contributed by atoms with Gasteiger partial charge in [0.1, 0.15) is 11.6 Å². The van der Waals surface area contributed by atoms with Gasteiger partial charge < -0.3 is 29.0 Å². The fraction of sp³-hybridized carbons (Fsp3) is 0.727. The van der Waals surface area contributed by atoms with E-state index in [0.29, 0.717) is 0 Å². The van der Waals surface area contributed by atoms with Crippen molar-refractivity contribution in [2.45, 2.75) is 97.2 Å². The van der Waals surface area contributed by atoms with Crippen molar-refractivity contribution in [2.75, 3.05) is 6.61 Å². The maximum Gasteiger partial charge on any atom is 0.303 e. The zero-order valence-corrected chi connectivity index (χ0v) is 20.9. The molecule has 1 rings (SSSR count). The lowest BCUT2D eigenvalue weighted by Gasteiger charge is -2.36. The quantitative estimate of drug-likeness (QED) is 0.248. The molecule has 0 aromatic carbocycles. The molecule has 1 aliphatic carbocycles. The van der Waals surface area contributed by atoms with E-state index >= 15 is 0 Å². The first kappa shape index (κ1) is 29.3. The number of thiocarbonyl (C=S) groups is 1. The van der Waals surface area contributed by atoms with Gasteiger partial charge in [-0.15, -0.1) is 0 Å². The van der Waals surface area contributed by atoms with Crippen LogP contribution in [-0.2, 0) is 47.7 Å². The molecule has 0 radical (unpaired) electrons. The van der Waals surface area contributed by atoms with Gasteiger partial charge in [-0.3, -0.25) is 24.0 Å². The van der Waals surface area contributed by atoms with E-state index in [9.17, 15) is 24.0 Å². The van der Waals surface area contributed by atoms with Crippen molar-refractivity contribution in [3.63, 3.8) is 0 Å². The van der Waals surface area contributed by atoms with Crippen molar-refractivity contribution in [1.29, 1.82) is 0 Å². The molecule has 0 spiro atoms. The van der Waals surface area contributed by atoms with Crippen LogP contribution in [0.4, 0.5) is 0 Å². The van der Waals surface area contributed by atoms with E-state index in [1.54, 1.807) is 0 Å². The molecule has 1 N–H and O–H groups in total. The molecule has 0 amide bonds. The van der Waals surface area contributed by atoms with Crippen LogP contribution in [-0.4, -0.2) is 71.9 Å². The average Bonchev–Trinajstić information content (AvgIpc) is 2.72. The molecule has 0 heterocycles. The summed E-state index contributed by atoms with van der Waals surface area (Å²) in [5, 5.41) is 3.15. The Labute approximate surface area is 204 Å². The van der Waals surface area contributed by atoms with Crippen LogP contribution in [0.3, 0.4) is 0 Å². The molecule has 0 bridgehead atoms. The van der Waals surface area contributed by atoms with Crippen LogP contribution in [0.5, 0.6) is 0 Å². The smallest absolute Gasteiger partial charge is 0.303 e. The van der Waals surface area contributed by atoms with Crippen molar-refractivity contribution in [2.24, 2.45) is 0 Å². The minimum atomic E-state index is -1.51. The molecule has 1 aliphatic rings. The highest BCUT2D eigenvalue weighted by molar-refractivity contribution is 7.80. The summed E-state index contributed by atoms with van der Waals surface area (Å²) in [6.45, 7) is 5.07. The van der Waals surface area contributed by atoms with Crippen LogP contribution in [0, 0.1) is 0 Å². The van der Waals surface area contributed by atoms with Crippen molar-refractivity contribution < 1.29 is 47.7 Å². The van der Waals surface area contributed by atoms with E-state index < -0.39 is 60.9 Å². The van der Waals surface area contributed by atoms with Crippen LogP contribution in [0.2, 0.25) is 0 Å². The highest BCUT2D eigenvalue weighted by atomic mass is 32.1. The molecular formula is C22H33NO10S. The van der Waals surface area contributed by atoms with E-state index in [0.717, 1.165) is 66.7 Å². The van der Waals surface area contributed by atoms with Crippen molar-refractivity contribution >= 4 is 47.1 Å². The fourth-order valence-corrected chi connectivity index (χ4v) is 3.98. The number of hydrogen-bond donors (Lipinski definition) is 1. The predicted octanol–water partition coefficient (Wildman–Crippen LogP) is 1.53. The number of hydrogen-bond acceptors (Lipinski definition) is 11. The second-order valence-corrected chi connectivity index (χ2v) is 8.41. The molecule has 4 atom stereocenters. The lowest BCUT2D eigenvalue weighted by Crippen LogP contribution is -2.57. The summed E-state index contributed by atoms with van der Waals surface area (Å²) in [5.41, 5.74) is 0. The number of rotatable bonds is 11. The molecule has 0 aromatic heterocycles. The van der Waals surface area contributed by atoms with Gasteiger partial charge in [-0.05, 0) is 12.8 Å². The molecule has 1 saturated carbocycles. The highest BCUT2D eigenvalue weighted by Gasteiger charge is 2.45. The van der Waals surface area contributed by atoms with E-state index in [1.165, 1.54) is 0 Å². The van der Waals surface area contributed by atoms with Gasteiger partial charge in [-0.2, -0.15) is 0 Å². The van der Waals surface area contributed by atoms with Crippen LogP contribution in [0.25, 0.3) is 0 Å². The first-order valence-corrected chi connectivity index (χ1v) is 11.4. The maximum absolute atomic E-state index is 12.0. The fourth-order valence-electron chi connectivity index (χ4n) is 3.63. The van der Waals surface area contributed by atoms with Gasteiger partial charge in [0, 0.05) is 40.7 Å². The molecule has 1 fully saturated rings. The van der Waals surface area contributed by atoms with Gasteiger partial charge >= 0.3 is 29.8 Å². The van der Waals surface area contributed by atoms with Gasteiger partial charge in [0.25, 0.3) is 0 Å². The molecule has 11 nitrogen and oxygen atoms in total. The minimum Gasteiger partial charge on any atom is -0.462 e. The zero-order valence-electron chi connectivity index (χ0n) is 20.1. The number of esters is 5. The molecule has 0 aliphatic heterocycles. The summed E-state index contributed by atoms with van der Waals surface area (Å²) in [4.78, 5) is 59.0. The van der Waals surface area contributed by atoms with E-state index in [1.807, 2.05) is 0 Å². The molecule has 0 aromatic rings. The van der Waals surface area contributed by atoms with Gasteiger partial charge in [-0.1, -0.05) is 31.5 Å². The number of carbonyl (C=O) groups is 5. The zero-order chi connectivity index (χ0) is 25.8. The summed E-state index contributed by atoms with van der Waals surface area (Å²) < 4.78 is 26.3. The first-order chi connectivity index (χ1) is 15.9. The van der Waals surface area contributed by atoms with Gasteiger partial charge in [0.15, 0.2) is 24.4 Å². The van der Waals surface area contributed by atoms with Gasteiger partial charge in [0.05, 0.1) is 0 Å². The second-order valence-electron chi connectivity index (χ2n) is 7.97. The molecule has 12 heteroatoms. The first-order valence-electron chi connectivity index (χ1n) is 11.0. The van der Waals surface area contributed by atoms with Gasteiger partial charge in [-0.25, -0.2) is 0 Å². The van der Waals surface area contributed by atoms with Crippen LogP contribution < -0.4 is 5.32 Å². The number of carbonyl (C=O) groups excluding carboxylic acids is 5. The third-order valence-electron chi connectivity index (χ3n) is 4.86. The summed E-state index contributed by atoms with van der Waals surface area (Å²) in [7, 11) is 0. The van der Waals surface area contributed by atoms with Crippen molar-refractivity contribution in [3.8, 4) is 0 Å². The Kier molecular flexibility index (Phi) is 12.5.